The van der Waals surface area contributed by atoms with E-state index in [0.717, 1.165) is 17.8 Å². The maximum absolute atomic E-state index is 13.8. The van der Waals surface area contributed by atoms with E-state index in [9.17, 15) is 9.18 Å². The zero-order valence-electron chi connectivity index (χ0n) is 17.1. The lowest BCUT2D eigenvalue weighted by Gasteiger charge is -2.21. The van der Waals surface area contributed by atoms with Gasteiger partial charge < -0.3 is 19.5 Å². The second-order valence-electron chi connectivity index (χ2n) is 7.32. The molecule has 1 N–H and O–H groups in total. The average Bonchev–Trinajstić information content (AvgIpc) is 3.39. The van der Waals surface area contributed by atoms with Gasteiger partial charge in [-0.1, -0.05) is 17.3 Å². The Balaban J connectivity index is 1.54. The van der Waals surface area contributed by atoms with Crippen LogP contribution in [0.1, 0.15) is 37.3 Å². The molecular formula is C22H23FN4O3. The number of carbonyl (C=O) groups excluding carboxylic acids is 1. The van der Waals surface area contributed by atoms with E-state index in [0.29, 0.717) is 41.6 Å². The molecule has 2 aromatic carbocycles. The molecule has 1 aromatic heterocycles. The summed E-state index contributed by atoms with van der Waals surface area (Å²) in [7, 11) is 1.59. The van der Waals surface area contributed by atoms with Gasteiger partial charge in [-0.2, -0.15) is 4.98 Å². The van der Waals surface area contributed by atoms with Crippen LogP contribution in [0.15, 0.2) is 40.9 Å². The molecule has 1 fully saturated rings. The summed E-state index contributed by atoms with van der Waals surface area (Å²) in [4.78, 5) is 18.3. The van der Waals surface area contributed by atoms with Gasteiger partial charge in [-0.25, -0.2) is 4.39 Å². The Morgan fingerprint density at radius 2 is 2.10 bits per heavy atom. The fourth-order valence-electron chi connectivity index (χ4n) is 3.47. The summed E-state index contributed by atoms with van der Waals surface area (Å²) in [6.45, 7) is 4.26. The van der Waals surface area contributed by atoms with E-state index in [1.165, 1.54) is 6.07 Å². The summed E-state index contributed by atoms with van der Waals surface area (Å²) in [6.07, 6.45) is 1.38. The first-order valence-corrected chi connectivity index (χ1v) is 9.81. The van der Waals surface area contributed by atoms with Crippen LogP contribution in [0, 0.1) is 12.7 Å². The van der Waals surface area contributed by atoms with Crippen molar-refractivity contribution in [3.05, 3.63) is 53.7 Å². The number of methoxy groups -OCH3 is 1. The van der Waals surface area contributed by atoms with Crippen LogP contribution in [-0.2, 0) is 4.79 Å². The molecule has 1 amide bonds. The molecule has 1 atom stereocenters. The normalized spacial score (nSPS) is 14.8. The number of nitrogens with one attached hydrogen (secondary N) is 1. The average molecular weight is 410 g/mol. The summed E-state index contributed by atoms with van der Waals surface area (Å²) in [6, 6.07) is 10.1. The molecule has 1 aliphatic heterocycles. The van der Waals surface area contributed by atoms with Crippen LogP contribution in [0.3, 0.4) is 0 Å². The summed E-state index contributed by atoms with van der Waals surface area (Å²) in [5.74, 6) is 1.12. The second kappa shape index (κ2) is 8.14. The number of hydrogen-bond donors (Lipinski definition) is 1. The van der Waals surface area contributed by atoms with E-state index in [1.807, 2.05) is 25.1 Å². The van der Waals surface area contributed by atoms with E-state index in [-0.39, 0.29) is 17.8 Å². The van der Waals surface area contributed by atoms with Gasteiger partial charge in [0, 0.05) is 24.2 Å². The number of nitrogens with zero attached hydrogens (tertiary/aromatic N) is 3. The third-order valence-corrected chi connectivity index (χ3v) is 5.17. The highest BCUT2D eigenvalue weighted by Crippen LogP contribution is 2.35. The Kier molecular flexibility index (Phi) is 5.39. The highest BCUT2D eigenvalue weighted by atomic mass is 19.1. The molecule has 0 spiro atoms. The van der Waals surface area contributed by atoms with Crippen molar-refractivity contribution in [2.45, 2.75) is 32.7 Å². The first kappa shape index (κ1) is 19.9. The maximum atomic E-state index is 13.8. The zero-order chi connectivity index (χ0) is 21.3. The monoisotopic (exact) mass is 410 g/mol. The predicted octanol–water partition coefficient (Wildman–Crippen LogP) is 4.49. The topological polar surface area (TPSA) is 80.5 Å². The van der Waals surface area contributed by atoms with E-state index < -0.39 is 0 Å². The first-order valence-electron chi connectivity index (χ1n) is 9.81. The molecule has 2 heterocycles. The predicted molar refractivity (Wildman–Crippen MR) is 111 cm³/mol. The van der Waals surface area contributed by atoms with Crippen molar-refractivity contribution >= 4 is 17.3 Å². The highest BCUT2D eigenvalue weighted by molar-refractivity contribution is 5.97. The van der Waals surface area contributed by atoms with E-state index in [1.54, 1.807) is 31.1 Å². The third kappa shape index (κ3) is 3.85. The molecular weight excluding hydrogens is 387 g/mol. The minimum Gasteiger partial charge on any atom is -0.495 e. The Labute approximate surface area is 173 Å². The number of carbonyl (C=O) groups is 1. The zero-order valence-corrected chi connectivity index (χ0v) is 17.1. The number of amides is 1. The van der Waals surface area contributed by atoms with Crippen molar-refractivity contribution in [2.75, 3.05) is 23.9 Å². The summed E-state index contributed by atoms with van der Waals surface area (Å²) >= 11 is 0. The summed E-state index contributed by atoms with van der Waals surface area (Å²) in [5.41, 5.74) is 2.64. The molecule has 3 aromatic rings. The number of rotatable bonds is 6. The number of anilines is 2. The maximum Gasteiger partial charge on any atom is 0.249 e. The Morgan fingerprint density at radius 3 is 2.80 bits per heavy atom. The molecule has 1 aliphatic rings. The standard InChI is InChI=1S/C22H23FN4O3/c1-13-6-7-15(11-17(13)23)21-25-22(30-26-21)14(2)24-16-8-9-19(29-3)18(12-16)27-10-4-5-20(27)28/h6-9,11-12,14,24H,4-5,10H2,1-3H3. The largest absolute Gasteiger partial charge is 0.495 e. The van der Waals surface area contributed by atoms with Gasteiger partial charge >= 0.3 is 0 Å². The van der Waals surface area contributed by atoms with E-state index in [4.69, 9.17) is 9.26 Å². The minimum atomic E-state index is -0.313. The lowest BCUT2D eigenvalue weighted by Crippen LogP contribution is -2.24. The highest BCUT2D eigenvalue weighted by Gasteiger charge is 2.25. The molecule has 156 valence electrons. The fourth-order valence-corrected chi connectivity index (χ4v) is 3.47. The molecule has 1 saturated heterocycles. The molecule has 30 heavy (non-hydrogen) atoms. The van der Waals surface area contributed by atoms with Crippen LogP contribution < -0.4 is 15.0 Å². The third-order valence-electron chi connectivity index (χ3n) is 5.17. The van der Waals surface area contributed by atoms with Gasteiger partial charge in [0.25, 0.3) is 0 Å². The second-order valence-corrected chi connectivity index (χ2v) is 7.32. The smallest absolute Gasteiger partial charge is 0.249 e. The van der Waals surface area contributed by atoms with Gasteiger partial charge in [-0.3, -0.25) is 4.79 Å². The Bertz CT molecular complexity index is 1080. The van der Waals surface area contributed by atoms with Crippen molar-refractivity contribution in [2.24, 2.45) is 0 Å². The minimum absolute atomic E-state index is 0.0883. The van der Waals surface area contributed by atoms with E-state index >= 15 is 0 Å². The fraction of sp³-hybridized carbons (Fsp3) is 0.318. The van der Waals surface area contributed by atoms with Crippen LogP contribution in [0.4, 0.5) is 15.8 Å². The quantitative estimate of drug-likeness (QED) is 0.645. The summed E-state index contributed by atoms with van der Waals surface area (Å²) < 4.78 is 24.6. The molecule has 4 rings (SSSR count). The molecule has 0 radical (unpaired) electrons. The van der Waals surface area contributed by atoms with Crippen molar-refractivity contribution in [3.63, 3.8) is 0 Å². The van der Waals surface area contributed by atoms with Gasteiger partial charge in [-0.15, -0.1) is 0 Å². The molecule has 1 unspecified atom stereocenters. The lowest BCUT2D eigenvalue weighted by molar-refractivity contribution is -0.117. The Morgan fingerprint density at radius 1 is 1.27 bits per heavy atom. The number of aromatic nitrogens is 2. The van der Waals surface area contributed by atoms with E-state index in [2.05, 4.69) is 15.5 Å². The van der Waals surface area contributed by atoms with Gasteiger partial charge in [-0.05, 0) is 50.1 Å². The molecule has 0 bridgehead atoms. The van der Waals surface area contributed by atoms with Crippen molar-refractivity contribution in [3.8, 4) is 17.1 Å². The first-order chi connectivity index (χ1) is 14.5. The van der Waals surface area contributed by atoms with Crippen molar-refractivity contribution in [1.82, 2.24) is 10.1 Å². The van der Waals surface area contributed by atoms with Crippen LogP contribution >= 0.6 is 0 Å². The van der Waals surface area contributed by atoms with Gasteiger partial charge in [0.15, 0.2) is 0 Å². The van der Waals surface area contributed by atoms with Gasteiger partial charge in [0.2, 0.25) is 17.6 Å². The van der Waals surface area contributed by atoms with Gasteiger partial charge in [0.05, 0.1) is 12.8 Å². The SMILES string of the molecule is COc1ccc(NC(C)c2nc(-c3ccc(C)c(F)c3)no2)cc1N1CCCC1=O. The molecule has 0 aliphatic carbocycles. The number of aryl methyl sites for hydroxylation is 1. The lowest BCUT2D eigenvalue weighted by atomic mass is 10.1. The van der Waals surface area contributed by atoms with Crippen LogP contribution in [-0.4, -0.2) is 29.7 Å². The van der Waals surface area contributed by atoms with Crippen molar-refractivity contribution in [1.29, 1.82) is 0 Å². The van der Waals surface area contributed by atoms with Crippen LogP contribution in [0.5, 0.6) is 5.75 Å². The van der Waals surface area contributed by atoms with Crippen LogP contribution in [0.2, 0.25) is 0 Å². The number of hydrogen-bond acceptors (Lipinski definition) is 6. The van der Waals surface area contributed by atoms with Gasteiger partial charge in [0.1, 0.15) is 17.6 Å². The van der Waals surface area contributed by atoms with Crippen molar-refractivity contribution < 1.29 is 18.4 Å². The Hall–Kier alpha value is -3.42. The van der Waals surface area contributed by atoms with Crippen LogP contribution in [0.25, 0.3) is 11.4 Å². The number of ether oxygens (including phenoxy) is 1. The number of halogens is 1. The molecule has 7 nitrogen and oxygen atoms in total. The number of benzene rings is 2. The summed E-state index contributed by atoms with van der Waals surface area (Å²) in [5, 5.41) is 7.28. The molecule has 8 heteroatoms. The molecule has 0 saturated carbocycles.